The number of hydrogen-bond donors (Lipinski definition) is 0. The van der Waals surface area contributed by atoms with Gasteiger partial charge in [-0.2, -0.15) is 0 Å². The Morgan fingerprint density at radius 2 is 0.917 bits per heavy atom. The molecule has 60 valence electrons. The van der Waals surface area contributed by atoms with Gasteiger partial charge in [-0.3, -0.25) is 0 Å². The molecule has 0 aliphatic rings. The number of hydrogen-bond acceptors (Lipinski definition) is 0. The van der Waals surface area contributed by atoms with Crippen LogP contribution in [0.4, 0.5) is 0 Å². The molecule has 2 aromatic carbocycles. The van der Waals surface area contributed by atoms with E-state index in [1.165, 1.54) is 11.1 Å². The van der Waals surface area contributed by atoms with E-state index in [2.05, 4.69) is 48.5 Å². The van der Waals surface area contributed by atoms with Crippen molar-refractivity contribution in [2.75, 3.05) is 0 Å². The molecule has 0 nitrogen and oxygen atoms in total. The lowest BCUT2D eigenvalue weighted by Crippen LogP contribution is -1.73. The predicted octanol–water partition coefficient (Wildman–Crippen LogP) is 3.60. The van der Waals surface area contributed by atoms with Crippen molar-refractivity contribution in [1.82, 2.24) is 0 Å². The maximum Gasteiger partial charge on any atom is 0 e. The van der Waals surface area contributed by atoms with Crippen LogP contribution in [0.5, 0.6) is 0 Å². The molecule has 0 heterocycles. The summed E-state index contributed by atoms with van der Waals surface area (Å²) < 4.78 is 10.0. The highest BCUT2D eigenvalue weighted by Crippen LogP contribution is 2.17. The molecule has 0 aromatic heterocycles. The largest absolute Gasteiger partial charge is 0.0622 e. The second-order valence-electron chi connectivity index (χ2n) is 2.73. The standard InChI is InChI=1S/C12H10.H2/c1-3-7-11(8-4-1)12-9-5-2-6-10-12;/h1-10H;1H/i;1+1D. The third kappa shape index (κ3) is 1.37. The van der Waals surface area contributed by atoms with Gasteiger partial charge in [0.2, 0.25) is 0 Å². The zero-order valence-corrected chi connectivity index (χ0v) is 6.77. The van der Waals surface area contributed by atoms with E-state index >= 15 is 0 Å². The highest BCUT2D eigenvalue weighted by Gasteiger charge is 1.91. The average Bonchev–Trinajstić information content (AvgIpc) is 2.34. The van der Waals surface area contributed by atoms with Crippen molar-refractivity contribution in [1.29, 1.82) is 0 Å². The number of benzene rings is 2. The summed E-state index contributed by atoms with van der Waals surface area (Å²) in [6.07, 6.45) is 0. The maximum atomic E-state index is 5.00. The summed E-state index contributed by atoms with van der Waals surface area (Å²) in [4.78, 5) is 0. The molecule has 2 rings (SSSR count). The highest BCUT2D eigenvalue weighted by molar-refractivity contribution is 5.62. The predicted molar refractivity (Wildman–Crippen MR) is 54.0 cm³/mol. The van der Waals surface area contributed by atoms with Crippen LogP contribution in [-0.2, 0) is 0 Å². The summed E-state index contributed by atoms with van der Waals surface area (Å²) in [6.45, 7) is 0. The summed E-state index contributed by atoms with van der Waals surface area (Å²) >= 11 is 0. The average molecular weight is 158 g/mol. The Kier molecular flexibility index (Phi) is 1.62. The fraction of sp³-hybridized carbons (Fsp3) is 0. The van der Waals surface area contributed by atoms with E-state index in [0.29, 0.717) is 0 Å². The molecule has 0 heteroatoms. The zero-order chi connectivity index (χ0) is 10.2. The van der Waals surface area contributed by atoms with Crippen LogP contribution in [-0.4, -0.2) is 0 Å². The second-order valence-corrected chi connectivity index (χ2v) is 2.73. The second kappa shape index (κ2) is 3.22. The van der Waals surface area contributed by atoms with Gasteiger partial charge in [-0.05, 0) is 11.1 Å². The zero-order valence-electron chi connectivity index (χ0n) is 8.77. The van der Waals surface area contributed by atoms with Gasteiger partial charge in [-0.25, -0.2) is 0 Å². The number of rotatable bonds is 1. The van der Waals surface area contributed by atoms with Gasteiger partial charge < -0.3 is 0 Å². The normalized spacial score (nSPS) is 10.3. The molecule has 0 radical (unpaired) electrons. The summed E-state index contributed by atoms with van der Waals surface area (Å²) in [5.41, 5.74) is 2.55. The van der Waals surface area contributed by atoms with Crippen molar-refractivity contribution in [2.45, 2.75) is 0 Å². The quantitative estimate of drug-likeness (QED) is 0.595. The van der Waals surface area contributed by atoms with Crippen LogP contribution in [0.3, 0.4) is 0 Å². The van der Waals surface area contributed by atoms with Crippen molar-refractivity contribution in [3.63, 3.8) is 0 Å². The molecule has 0 bridgehead atoms. The van der Waals surface area contributed by atoms with Crippen molar-refractivity contribution in [2.24, 2.45) is 0 Å². The minimum atomic E-state index is 1.28. The van der Waals surface area contributed by atoms with Crippen LogP contribution in [0, 0.1) is 0 Å². The molecule has 0 fully saturated rings. The summed E-state index contributed by atoms with van der Waals surface area (Å²) in [5, 5.41) is 0. The maximum absolute atomic E-state index is 5.00. The summed E-state index contributed by atoms with van der Waals surface area (Å²) in [5.74, 6) is 0. The molecule has 12 heavy (non-hydrogen) atoms. The molecule has 0 aliphatic carbocycles. The molecule has 2 aromatic rings. The minimum Gasteiger partial charge on any atom is -0.0622 e. The molecule has 0 aliphatic heterocycles. The smallest absolute Gasteiger partial charge is 0 e. The van der Waals surface area contributed by atoms with Crippen LogP contribution in [0.15, 0.2) is 60.7 Å². The fourth-order valence-corrected chi connectivity index (χ4v) is 1.26. The third-order valence-corrected chi connectivity index (χ3v) is 1.88. The Morgan fingerprint density at radius 1 is 0.583 bits per heavy atom. The van der Waals surface area contributed by atoms with E-state index in [1.807, 2.05) is 12.1 Å². The van der Waals surface area contributed by atoms with E-state index in [4.69, 9.17) is 2.97 Å². The van der Waals surface area contributed by atoms with Crippen LogP contribution in [0.1, 0.15) is 2.97 Å². The van der Waals surface area contributed by atoms with E-state index in [-0.39, 0.29) is 0 Å². The lowest BCUT2D eigenvalue weighted by Gasteiger charge is -1.98. The van der Waals surface area contributed by atoms with Crippen LogP contribution in [0.2, 0.25) is 0 Å². The van der Waals surface area contributed by atoms with Gasteiger partial charge in [-0.1, -0.05) is 60.7 Å². The van der Waals surface area contributed by atoms with Gasteiger partial charge in [0.1, 0.15) is 0 Å². The minimum absolute atomic E-state index is 1.28. The SMILES string of the molecule is [2H][2H].c1ccc(-c2ccccc2)cc1. The van der Waals surface area contributed by atoms with Crippen molar-refractivity contribution >= 4 is 0 Å². The topological polar surface area (TPSA) is 0 Å². The van der Waals surface area contributed by atoms with E-state index in [1.54, 1.807) is 0 Å². The van der Waals surface area contributed by atoms with Gasteiger partial charge in [0.25, 0.3) is 0 Å². The molecule has 0 amide bonds. The Labute approximate surface area is 75.6 Å². The van der Waals surface area contributed by atoms with Gasteiger partial charge in [0.05, 0.1) is 0 Å². The van der Waals surface area contributed by atoms with Gasteiger partial charge in [-0.15, -0.1) is 0 Å². The van der Waals surface area contributed by atoms with Crippen molar-refractivity contribution in [3.05, 3.63) is 60.7 Å². The summed E-state index contributed by atoms with van der Waals surface area (Å²) in [7, 11) is 0. The molecular weight excluding hydrogens is 144 g/mol. The molecule has 0 saturated carbocycles. The first kappa shape index (κ1) is 6.01. The Bertz CT molecular complexity index is 306. The first-order valence-electron chi connectivity index (χ1n) is 5.07. The first-order chi connectivity index (χ1) is 6.97. The van der Waals surface area contributed by atoms with Crippen LogP contribution < -0.4 is 0 Å². The van der Waals surface area contributed by atoms with E-state index in [0.717, 1.165) is 0 Å². The van der Waals surface area contributed by atoms with E-state index < -0.39 is 0 Å². The third-order valence-electron chi connectivity index (χ3n) is 1.88. The fourth-order valence-electron chi connectivity index (χ4n) is 1.26. The Morgan fingerprint density at radius 3 is 1.25 bits per heavy atom. The molecular formula is C12H12. The molecule has 0 unspecified atom stereocenters. The molecule has 0 atom stereocenters. The van der Waals surface area contributed by atoms with Gasteiger partial charge in [0, 0.05) is 2.97 Å². The first-order valence-corrected chi connectivity index (χ1v) is 4.07. The van der Waals surface area contributed by atoms with Crippen molar-refractivity contribution in [3.8, 4) is 11.1 Å². The van der Waals surface area contributed by atoms with Crippen LogP contribution in [0.25, 0.3) is 11.1 Å². The molecule has 0 spiro atoms. The van der Waals surface area contributed by atoms with Crippen LogP contribution >= 0.6 is 0 Å². The monoisotopic (exact) mass is 158 g/mol. The van der Waals surface area contributed by atoms with Gasteiger partial charge >= 0.3 is 0 Å². The van der Waals surface area contributed by atoms with Crippen molar-refractivity contribution < 1.29 is 2.97 Å². The Balaban J connectivity index is 0.000000461. The highest BCUT2D eigenvalue weighted by atomic mass is 14.0. The molecule has 0 N–H and O–H groups in total. The lowest BCUT2D eigenvalue weighted by atomic mass is 10.1. The summed E-state index contributed by atoms with van der Waals surface area (Å²) in [6, 6.07) is 20.8. The Hall–Kier alpha value is -1.56. The molecule has 0 saturated heterocycles. The van der Waals surface area contributed by atoms with Gasteiger partial charge in [0.15, 0.2) is 0 Å². The van der Waals surface area contributed by atoms with E-state index in [9.17, 15) is 0 Å². The lowest BCUT2D eigenvalue weighted by molar-refractivity contribution is 1.62.